The van der Waals surface area contributed by atoms with Crippen LogP contribution in [0, 0.1) is 0 Å². The lowest BCUT2D eigenvalue weighted by Gasteiger charge is -2.36. The standard InChI is InChI=1S/C19H23Cl2N3O4/c1-13(28-16-5-4-14(20)12-15(16)21)17(25)23-8-10-24(11-9-23)19(27)18(26)22-6-2-3-7-22/h4-5,12-13H,2-3,6-11H2,1H3. The van der Waals surface area contributed by atoms with Crippen molar-refractivity contribution in [2.45, 2.75) is 25.9 Å². The molecule has 0 spiro atoms. The van der Waals surface area contributed by atoms with E-state index in [-0.39, 0.29) is 5.91 Å². The van der Waals surface area contributed by atoms with Crippen molar-refractivity contribution in [1.82, 2.24) is 14.7 Å². The van der Waals surface area contributed by atoms with Crippen LogP contribution in [0.5, 0.6) is 5.75 Å². The largest absolute Gasteiger partial charge is 0.479 e. The molecular formula is C19H23Cl2N3O4. The maximum Gasteiger partial charge on any atom is 0.312 e. The molecule has 0 aromatic heterocycles. The second kappa shape index (κ2) is 9.01. The molecule has 0 radical (unpaired) electrons. The number of hydrogen-bond donors (Lipinski definition) is 0. The van der Waals surface area contributed by atoms with Gasteiger partial charge >= 0.3 is 11.8 Å². The SMILES string of the molecule is CC(Oc1ccc(Cl)cc1Cl)C(=O)N1CCN(C(=O)C(=O)N2CCCC2)CC1. The summed E-state index contributed by atoms with van der Waals surface area (Å²) in [5.41, 5.74) is 0. The number of nitrogens with zero attached hydrogens (tertiary/aromatic N) is 3. The molecule has 0 N–H and O–H groups in total. The van der Waals surface area contributed by atoms with Crippen LogP contribution in [0.4, 0.5) is 0 Å². The summed E-state index contributed by atoms with van der Waals surface area (Å²) in [6, 6.07) is 4.81. The van der Waals surface area contributed by atoms with Crippen LogP contribution in [-0.4, -0.2) is 77.8 Å². The van der Waals surface area contributed by atoms with Gasteiger partial charge in [-0.15, -0.1) is 0 Å². The lowest BCUT2D eigenvalue weighted by atomic mass is 10.2. The summed E-state index contributed by atoms with van der Waals surface area (Å²) in [7, 11) is 0. The number of amides is 3. The minimum Gasteiger partial charge on any atom is -0.479 e. The zero-order chi connectivity index (χ0) is 20.3. The number of rotatable bonds is 3. The van der Waals surface area contributed by atoms with E-state index in [1.807, 2.05) is 0 Å². The Morgan fingerprint density at radius 3 is 2.00 bits per heavy atom. The van der Waals surface area contributed by atoms with E-state index in [0.29, 0.717) is 55.1 Å². The molecule has 0 bridgehead atoms. The maximum absolute atomic E-state index is 12.7. The number of piperazine rings is 1. The van der Waals surface area contributed by atoms with Gasteiger partial charge in [0.15, 0.2) is 6.10 Å². The summed E-state index contributed by atoms with van der Waals surface area (Å²) in [6.07, 6.45) is 1.15. The van der Waals surface area contributed by atoms with E-state index in [1.165, 1.54) is 4.90 Å². The molecule has 9 heteroatoms. The molecule has 1 aromatic rings. The van der Waals surface area contributed by atoms with Crippen LogP contribution in [0.2, 0.25) is 10.0 Å². The summed E-state index contributed by atoms with van der Waals surface area (Å²) in [5.74, 6) is -0.724. The van der Waals surface area contributed by atoms with Gasteiger partial charge in [0.1, 0.15) is 5.75 Å². The minimum atomic E-state index is -0.729. The average molecular weight is 428 g/mol. The summed E-state index contributed by atoms with van der Waals surface area (Å²) in [4.78, 5) is 42.0. The van der Waals surface area contributed by atoms with Crippen LogP contribution in [0.3, 0.4) is 0 Å². The molecule has 152 valence electrons. The smallest absolute Gasteiger partial charge is 0.312 e. The Bertz CT molecular complexity index is 760. The third-order valence-electron chi connectivity index (χ3n) is 5.00. The highest BCUT2D eigenvalue weighted by Crippen LogP contribution is 2.28. The minimum absolute atomic E-state index is 0.191. The van der Waals surface area contributed by atoms with Crippen molar-refractivity contribution >= 4 is 40.9 Å². The highest BCUT2D eigenvalue weighted by Gasteiger charge is 2.33. The summed E-state index contributed by atoms with van der Waals surface area (Å²) in [5, 5.41) is 0.823. The fraction of sp³-hybridized carbons (Fsp3) is 0.526. The van der Waals surface area contributed by atoms with Gasteiger partial charge in [0.05, 0.1) is 5.02 Å². The number of carbonyl (C=O) groups is 3. The van der Waals surface area contributed by atoms with Crippen molar-refractivity contribution in [3.63, 3.8) is 0 Å². The van der Waals surface area contributed by atoms with Crippen molar-refractivity contribution in [3.05, 3.63) is 28.2 Å². The number of ether oxygens (including phenoxy) is 1. The van der Waals surface area contributed by atoms with E-state index < -0.39 is 17.9 Å². The van der Waals surface area contributed by atoms with E-state index in [4.69, 9.17) is 27.9 Å². The van der Waals surface area contributed by atoms with E-state index in [1.54, 1.807) is 34.9 Å². The van der Waals surface area contributed by atoms with E-state index in [9.17, 15) is 14.4 Å². The number of carbonyl (C=O) groups excluding carboxylic acids is 3. The van der Waals surface area contributed by atoms with Crippen LogP contribution >= 0.6 is 23.2 Å². The molecule has 1 aromatic carbocycles. The zero-order valence-electron chi connectivity index (χ0n) is 15.7. The monoisotopic (exact) mass is 427 g/mol. The first-order valence-corrected chi connectivity index (χ1v) is 10.1. The molecule has 2 aliphatic heterocycles. The second-order valence-corrected chi connectivity index (χ2v) is 7.80. The van der Waals surface area contributed by atoms with Gasteiger partial charge in [-0.1, -0.05) is 23.2 Å². The lowest BCUT2D eigenvalue weighted by molar-refractivity contribution is -0.153. The molecule has 3 rings (SSSR count). The predicted molar refractivity (Wildman–Crippen MR) is 106 cm³/mol. The quantitative estimate of drug-likeness (QED) is 0.692. The topological polar surface area (TPSA) is 70.2 Å². The maximum atomic E-state index is 12.7. The molecule has 7 nitrogen and oxygen atoms in total. The Labute approximate surface area is 174 Å². The first-order valence-electron chi connectivity index (χ1n) is 9.35. The van der Waals surface area contributed by atoms with Crippen molar-refractivity contribution in [3.8, 4) is 5.75 Å². The lowest BCUT2D eigenvalue weighted by Crippen LogP contribution is -2.55. The van der Waals surface area contributed by atoms with Gasteiger partial charge in [-0.25, -0.2) is 0 Å². The van der Waals surface area contributed by atoms with Gasteiger partial charge in [-0.3, -0.25) is 14.4 Å². The van der Waals surface area contributed by atoms with E-state index in [2.05, 4.69) is 0 Å². The normalized spacial score (nSPS) is 18.2. The van der Waals surface area contributed by atoms with Gasteiger partial charge < -0.3 is 19.4 Å². The molecule has 1 atom stereocenters. The molecule has 2 heterocycles. The first kappa shape index (κ1) is 20.7. The van der Waals surface area contributed by atoms with E-state index >= 15 is 0 Å². The highest BCUT2D eigenvalue weighted by atomic mass is 35.5. The van der Waals surface area contributed by atoms with Gasteiger partial charge in [0, 0.05) is 44.3 Å². The summed E-state index contributed by atoms with van der Waals surface area (Å²) < 4.78 is 5.67. The summed E-state index contributed by atoms with van der Waals surface area (Å²) >= 11 is 12.0. The Hall–Kier alpha value is -1.99. The zero-order valence-corrected chi connectivity index (χ0v) is 17.2. The van der Waals surface area contributed by atoms with Gasteiger partial charge in [0.25, 0.3) is 5.91 Å². The van der Waals surface area contributed by atoms with Crippen molar-refractivity contribution < 1.29 is 19.1 Å². The fourth-order valence-electron chi connectivity index (χ4n) is 3.39. The number of halogens is 2. The highest BCUT2D eigenvalue weighted by molar-refractivity contribution is 6.35. The van der Waals surface area contributed by atoms with Crippen molar-refractivity contribution in [2.75, 3.05) is 39.3 Å². The molecule has 1 unspecified atom stereocenters. The third kappa shape index (κ3) is 4.70. The fourth-order valence-corrected chi connectivity index (χ4v) is 3.84. The Morgan fingerprint density at radius 1 is 0.893 bits per heavy atom. The van der Waals surface area contributed by atoms with Crippen LogP contribution in [-0.2, 0) is 14.4 Å². The molecule has 2 aliphatic rings. The van der Waals surface area contributed by atoms with Crippen LogP contribution in [0.25, 0.3) is 0 Å². The Kier molecular flexibility index (Phi) is 6.67. The van der Waals surface area contributed by atoms with Crippen LogP contribution in [0.15, 0.2) is 18.2 Å². The Balaban J connectivity index is 1.51. The Morgan fingerprint density at radius 2 is 1.43 bits per heavy atom. The molecule has 28 heavy (non-hydrogen) atoms. The predicted octanol–water partition coefficient (Wildman–Crippen LogP) is 2.05. The molecule has 2 saturated heterocycles. The molecular weight excluding hydrogens is 405 g/mol. The first-order chi connectivity index (χ1) is 13.4. The molecule has 2 fully saturated rings. The second-order valence-electron chi connectivity index (χ2n) is 6.95. The van der Waals surface area contributed by atoms with Gasteiger partial charge in [-0.05, 0) is 38.0 Å². The van der Waals surface area contributed by atoms with Crippen molar-refractivity contribution in [2.24, 2.45) is 0 Å². The van der Waals surface area contributed by atoms with Crippen molar-refractivity contribution in [1.29, 1.82) is 0 Å². The number of likely N-dealkylation sites (tertiary alicyclic amines) is 1. The van der Waals surface area contributed by atoms with Gasteiger partial charge in [0.2, 0.25) is 0 Å². The van der Waals surface area contributed by atoms with Gasteiger partial charge in [-0.2, -0.15) is 0 Å². The summed E-state index contributed by atoms with van der Waals surface area (Å²) in [6.45, 7) is 4.33. The van der Waals surface area contributed by atoms with Crippen LogP contribution < -0.4 is 4.74 Å². The van der Waals surface area contributed by atoms with E-state index in [0.717, 1.165) is 12.8 Å². The number of hydrogen-bond acceptors (Lipinski definition) is 4. The number of benzene rings is 1. The average Bonchev–Trinajstić information content (AvgIpc) is 3.23. The third-order valence-corrected chi connectivity index (χ3v) is 5.53. The molecule has 0 aliphatic carbocycles. The molecule has 0 saturated carbocycles. The molecule has 3 amide bonds. The van der Waals surface area contributed by atoms with Crippen LogP contribution in [0.1, 0.15) is 19.8 Å².